The summed E-state index contributed by atoms with van der Waals surface area (Å²) in [6.07, 6.45) is 0.470. The van der Waals surface area contributed by atoms with E-state index in [9.17, 15) is 14.9 Å². The highest BCUT2D eigenvalue weighted by Gasteiger charge is 2.10. The third kappa shape index (κ3) is 5.24. The molecule has 28 heavy (non-hydrogen) atoms. The standard InChI is InChI=1S/C18H17N5O4S/c1-2-27-15-9-5-13(6-10-15)19-17(24)20-18-22-21-16(28-18)11-12-3-7-14(8-4-12)23(25)26/h3-10H,2,11H2,1H3,(H2,19,20,22,24). The molecule has 0 radical (unpaired) electrons. The van der Waals surface area contributed by atoms with Gasteiger partial charge in [0.2, 0.25) is 5.13 Å². The molecule has 2 amide bonds. The number of amides is 2. The number of urea groups is 1. The third-order valence-electron chi connectivity index (χ3n) is 3.61. The van der Waals surface area contributed by atoms with Crippen LogP contribution in [-0.4, -0.2) is 27.8 Å². The van der Waals surface area contributed by atoms with E-state index in [0.717, 1.165) is 11.3 Å². The van der Waals surface area contributed by atoms with Gasteiger partial charge in [-0.1, -0.05) is 23.5 Å². The zero-order chi connectivity index (χ0) is 19.9. The number of hydrogen-bond acceptors (Lipinski definition) is 7. The fourth-order valence-corrected chi connectivity index (χ4v) is 3.12. The average molecular weight is 399 g/mol. The number of nitrogens with one attached hydrogen (secondary N) is 2. The zero-order valence-electron chi connectivity index (χ0n) is 14.9. The summed E-state index contributed by atoms with van der Waals surface area (Å²) in [5, 5.41) is 25.1. The first-order valence-electron chi connectivity index (χ1n) is 8.40. The van der Waals surface area contributed by atoms with Crippen molar-refractivity contribution in [3.63, 3.8) is 0 Å². The van der Waals surface area contributed by atoms with E-state index in [1.54, 1.807) is 36.4 Å². The quantitative estimate of drug-likeness (QED) is 0.456. The van der Waals surface area contributed by atoms with Gasteiger partial charge in [0.1, 0.15) is 10.8 Å². The number of hydrogen-bond donors (Lipinski definition) is 2. The maximum atomic E-state index is 12.1. The molecule has 144 valence electrons. The van der Waals surface area contributed by atoms with Crippen LogP contribution < -0.4 is 15.4 Å². The predicted octanol–water partition coefficient (Wildman–Crippen LogP) is 4.08. The zero-order valence-corrected chi connectivity index (χ0v) is 15.7. The van der Waals surface area contributed by atoms with Crippen molar-refractivity contribution in [2.75, 3.05) is 17.2 Å². The second kappa shape index (κ2) is 8.91. The molecule has 1 heterocycles. The summed E-state index contributed by atoms with van der Waals surface area (Å²) in [5.74, 6) is 0.730. The Kier molecular flexibility index (Phi) is 6.12. The molecule has 0 saturated carbocycles. The Morgan fingerprint density at radius 3 is 2.46 bits per heavy atom. The van der Waals surface area contributed by atoms with Gasteiger partial charge in [0, 0.05) is 24.2 Å². The molecule has 0 atom stereocenters. The van der Waals surface area contributed by atoms with Crippen molar-refractivity contribution < 1.29 is 14.5 Å². The summed E-state index contributed by atoms with van der Waals surface area (Å²) in [6.45, 7) is 2.48. The van der Waals surface area contributed by atoms with Gasteiger partial charge in [0.25, 0.3) is 5.69 Å². The van der Waals surface area contributed by atoms with E-state index in [1.165, 1.54) is 23.5 Å². The Morgan fingerprint density at radius 2 is 1.82 bits per heavy atom. The molecule has 3 rings (SSSR count). The molecule has 2 N–H and O–H groups in total. The Hall–Kier alpha value is -3.53. The average Bonchev–Trinajstić information content (AvgIpc) is 3.10. The topological polar surface area (TPSA) is 119 Å². The Morgan fingerprint density at radius 1 is 1.11 bits per heavy atom. The normalized spacial score (nSPS) is 10.3. The van der Waals surface area contributed by atoms with Crippen LogP contribution in [0.4, 0.5) is 21.3 Å². The molecule has 2 aromatic carbocycles. The Bertz CT molecular complexity index is 957. The first-order valence-corrected chi connectivity index (χ1v) is 9.21. The number of nitro benzene ring substituents is 1. The van der Waals surface area contributed by atoms with Crippen LogP contribution in [0.3, 0.4) is 0 Å². The van der Waals surface area contributed by atoms with Crippen LogP contribution in [0.25, 0.3) is 0 Å². The number of anilines is 2. The van der Waals surface area contributed by atoms with Crippen molar-refractivity contribution in [1.82, 2.24) is 10.2 Å². The van der Waals surface area contributed by atoms with Crippen molar-refractivity contribution in [2.45, 2.75) is 13.3 Å². The van der Waals surface area contributed by atoms with E-state index in [1.807, 2.05) is 6.92 Å². The largest absolute Gasteiger partial charge is 0.494 e. The molecule has 0 aliphatic heterocycles. The molecule has 9 nitrogen and oxygen atoms in total. The number of aromatic nitrogens is 2. The first-order chi connectivity index (χ1) is 13.5. The molecule has 0 aliphatic carbocycles. The van der Waals surface area contributed by atoms with Gasteiger partial charge in [-0.2, -0.15) is 0 Å². The second-order valence-electron chi connectivity index (χ2n) is 5.64. The van der Waals surface area contributed by atoms with Gasteiger partial charge in [-0.3, -0.25) is 15.4 Å². The summed E-state index contributed by atoms with van der Waals surface area (Å²) in [4.78, 5) is 22.3. The van der Waals surface area contributed by atoms with Gasteiger partial charge in [-0.25, -0.2) is 4.79 Å². The van der Waals surface area contributed by atoms with E-state index in [2.05, 4.69) is 20.8 Å². The molecule has 0 unspecified atom stereocenters. The predicted molar refractivity (Wildman–Crippen MR) is 106 cm³/mol. The summed E-state index contributed by atoms with van der Waals surface area (Å²) >= 11 is 1.24. The number of non-ortho nitro benzene ring substituents is 1. The van der Waals surface area contributed by atoms with Gasteiger partial charge < -0.3 is 10.1 Å². The second-order valence-corrected chi connectivity index (χ2v) is 6.70. The van der Waals surface area contributed by atoms with Crippen molar-refractivity contribution in [3.8, 4) is 5.75 Å². The minimum atomic E-state index is -0.445. The van der Waals surface area contributed by atoms with Crippen molar-refractivity contribution in [2.24, 2.45) is 0 Å². The monoisotopic (exact) mass is 399 g/mol. The van der Waals surface area contributed by atoms with E-state index < -0.39 is 11.0 Å². The van der Waals surface area contributed by atoms with Crippen LogP contribution in [-0.2, 0) is 6.42 Å². The molecular weight excluding hydrogens is 382 g/mol. The molecule has 10 heteroatoms. The molecular formula is C18H17N5O4S. The van der Waals surface area contributed by atoms with Crippen molar-refractivity contribution in [3.05, 3.63) is 69.2 Å². The molecule has 0 aliphatic rings. The van der Waals surface area contributed by atoms with Gasteiger partial charge in [-0.05, 0) is 36.8 Å². The lowest BCUT2D eigenvalue weighted by Gasteiger charge is -2.06. The SMILES string of the molecule is CCOc1ccc(NC(=O)Nc2nnc(Cc3ccc([N+](=O)[O-])cc3)s2)cc1. The van der Waals surface area contributed by atoms with Crippen molar-refractivity contribution in [1.29, 1.82) is 0 Å². The van der Waals surface area contributed by atoms with E-state index >= 15 is 0 Å². The summed E-state index contributed by atoms with van der Waals surface area (Å²) in [6, 6.07) is 12.8. The first kappa shape index (κ1) is 19.2. The summed E-state index contributed by atoms with van der Waals surface area (Å²) in [5.41, 5.74) is 1.53. The number of nitrogens with zero attached hydrogens (tertiary/aromatic N) is 3. The molecule has 0 spiro atoms. The number of nitro groups is 1. The highest BCUT2D eigenvalue weighted by atomic mass is 32.1. The lowest BCUT2D eigenvalue weighted by Crippen LogP contribution is -2.19. The van der Waals surface area contributed by atoms with Gasteiger partial charge in [-0.15, -0.1) is 10.2 Å². The highest BCUT2D eigenvalue weighted by molar-refractivity contribution is 7.15. The number of carbonyl (C=O) groups is 1. The minimum absolute atomic E-state index is 0.0364. The van der Waals surface area contributed by atoms with Crippen LogP contribution in [0.15, 0.2) is 48.5 Å². The Labute approximate surface area is 164 Å². The number of ether oxygens (including phenoxy) is 1. The lowest BCUT2D eigenvalue weighted by atomic mass is 10.1. The third-order valence-corrected chi connectivity index (χ3v) is 4.45. The minimum Gasteiger partial charge on any atom is -0.494 e. The number of rotatable bonds is 7. The van der Waals surface area contributed by atoms with Gasteiger partial charge in [0.05, 0.1) is 11.5 Å². The van der Waals surface area contributed by atoms with E-state index in [0.29, 0.717) is 28.9 Å². The van der Waals surface area contributed by atoms with Crippen LogP contribution >= 0.6 is 11.3 Å². The molecule has 0 fully saturated rings. The number of benzene rings is 2. The summed E-state index contributed by atoms with van der Waals surface area (Å²) in [7, 11) is 0. The maximum Gasteiger partial charge on any atom is 0.325 e. The van der Waals surface area contributed by atoms with Gasteiger partial charge >= 0.3 is 6.03 Å². The smallest absolute Gasteiger partial charge is 0.325 e. The number of carbonyl (C=O) groups excluding carboxylic acids is 1. The molecule has 3 aromatic rings. The lowest BCUT2D eigenvalue weighted by molar-refractivity contribution is -0.384. The fourth-order valence-electron chi connectivity index (χ4n) is 2.35. The van der Waals surface area contributed by atoms with Gasteiger partial charge in [0.15, 0.2) is 0 Å². The van der Waals surface area contributed by atoms with E-state index in [4.69, 9.17) is 4.74 Å². The summed E-state index contributed by atoms with van der Waals surface area (Å²) < 4.78 is 5.35. The highest BCUT2D eigenvalue weighted by Crippen LogP contribution is 2.21. The molecule has 1 aromatic heterocycles. The Balaban J connectivity index is 1.54. The van der Waals surface area contributed by atoms with Crippen molar-refractivity contribution >= 4 is 33.9 Å². The van der Waals surface area contributed by atoms with Crippen LogP contribution in [0.2, 0.25) is 0 Å². The molecule has 0 saturated heterocycles. The fraction of sp³-hybridized carbons (Fsp3) is 0.167. The van der Waals surface area contributed by atoms with Crippen LogP contribution in [0.5, 0.6) is 5.75 Å². The van der Waals surface area contributed by atoms with Crippen LogP contribution in [0.1, 0.15) is 17.5 Å². The van der Waals surface area contributed by atoms with Crippen LogP contribution in [0, 0.1) is 10.1 Å². The van der Waals surface area contributed by atoms with E-state index in [-0.39, 0.29) is 5.69 Å². The molecule has 0 bridgehead atoms. The maximum absolute atomic E-state index is 12.1.